The molecule has 2 aliphatic heterocycles. The van der Waals surface area contributed by atoms with Crippen LogP contribution >= 0.6 is 34.5 Å². The third kappa shape index (κ3) is 6.83. The Labute approximate surface area is 219 Å². The predicted molar refractivity (Wildman–Crippen MR) is 133 cm³/mol. The molecule has 11 heteroatoms. The zero-order chi connectivity index (χ0) is 26.1. The number of nitrogens with zero attached hydrogens (tertiary/aromatic N) is 1. The number of esters is 1. The molecule has 2 fully saturated rings. The number of cyclic esters (lactones) is 1. The maximum Gasteiger partial charge on any atom is 0.309 e. The van der Waals surface area contributed by atoms with Gasteiger partial charge in [0.1, 0.15) is 18.0 Å². The monoisotopic (exact) mass is 549 g/mol. The number of Topliss-reactive ketones (excluding diaryl/α,β-unsaturated/α-hetero) is 1. The van der Waals surface area contributed by atoms with E-state index < -0.39 is 59.3 Å². The molecular weight excluding hydrogens is 517 g/mol. The van der Waals surface area contributed by atoms with E-state index in [0.717, 1.165) is 5.01 Å². The van der Waals surface area contributed by atoms with Gasteiger partial charge in [0.15, 0.2) is 5.06 Å². The highest BCUT2D eigenvalue weighted by molar-refractivity contribution is 7.09. The van der Waals surface area contributed by atoms with E-state index in [1.54, 1.807) is 33.8 Å². The van der Waals surface area contributed by atoms with Crippen LogP contribution in [0.3, 0.4) is 0 Å². The fraction of sp³-hybridized carbons (Fsp3) is 0.708. The fourth-order valence-corrected chi connectivity index (χ4v) is 5.24. The number of aliphatic hydroxyl groups is 2. The molecule has 196 valence electrons. The molecule has 1 aromatic rings. The van der Waals surface area contributed by atoms with Gasteiger partial charge in [-0.2, -0.15) is 0 Å². The fourth-order valence-electron chi connectivity index (χ4n) is 4.15. The molecular formula is C24H33Cl2NO7S. The molecule has 1 aromatic heterocycles. The van der Waals surface area contributed by atoms with Gasteiger partial charge in [-0.1, -0.05) is 44.0 Å². The molecule has 3 rings (SSSR count). The molecule has 0 radical (unpaired) electrons. The van der Waals surface area contributed by atoms with E-state index >= 15 is 0 Å². The second kappa shape index (κ2) is 11.1. The maximum atomic E-state index is 13.1. The molecule has 2 N–H and O–H groups in total. The van der Waals surface area contributed by atoms with E-state index in [1.807, 2.05) is 12.3 Å². The van der Waals surface area contributed by atoms with Crippen LogP contribution in [0.1, 0.15) is 57.7 Å². The van der Waals surface area contributed by atoms with E-state index in [-0.39, 0.29) is 23.8 Å². The van der Waals surface area contributed by atoms with Crippen LogP contribution in [0, 0.1) is 18.3 Å². The highest BCUT2D eigenvalue weighted by Crippen LogP contribution is 2.47. The molecule has 0 aromatic carbocycles. The summed E-state index contributed by atoms with van der Waals surface area (Å²) in [5, 5.41) is 23.4. The second-order valence-corrected chi connectivity index (χ2v) is 12.0. The van der Waals surface area contributed by atoms with Gasteiger partial charge in [0.2, 0.25) is 0 Å². The molecule has 7 atom stereocenters. The minimum Gasteiger partial charge on any atom is -0.456 e. The van der Waals surface area contributed by atoms with Crippen LogP contribution in [0.2, 0.25) is 0 Å². The molecule has 0 saturated carbocycles. The Balaban J connectivity index is 1.85. The molecule has 0 bridgehead atoms. The number of ether oxygens (including phenoxy) is 3. The van der Waals surface area contributed by atoms with Crippen molar-refractivity contribution < 1.29 is 34.0 Å². The van der Waals surface area contributed by atoms with Crippen molar-refractivity contribution in [1.82, 2.24) is 4.98 Å². The summed E-state index contributed by atoms with van der Waals surface area (Å²) in [4.78, 5) is 30.3. The van der Waals surface area contributed by atoms with Crippen LogP contribution in [0.4, 0.5) is 0 Å². The zero-order valence-electron chi connectivity index (χ0n) is 20.5. The lowest BCUT2D eigenvalue weighted by molar-refractivity contribution is -0.155. The third-order valence-corrected chi connectivity index (χ3v) is 8.42. The third-order valence-electron chi connectivity index (χ3n) is 6.75. The Morgan fingerprint density at radius 1 is 1.29 bits per heavy atom. The normalized spacial score (nSPS) is 37.5. The van der Waals surface area contributed by atoms with Crippen molar-refractivity contribution in [1.29, 1.82) is 0 Å². The average molecular weight is 551 g/mol. The summed E-state index contributed by atoms with van der Waals surface area (Å²) >= 11 is 14.6. The molecule has 2 saturated heterocycles. The molecule has 2 aliphatic rings. The van der Waals surface area contributed by atoms with Gasteiger partial charge in [0.05, 0.1) is 52.5 Å². The lowest BCUT2D eigenvalue weighted by Crippen LogP contribution is -2.47. The summed E-state index contributed by atoms with van der Waals surface area (Å²) in [5.74, 6) is -1.94. The van der Waals surface area contributed by atoms with Crippen molar-refractivity contribution in [2.24, 2.45) is 11.3 Å². The first-order valence-electron chi connectivity index (χ1n) is 11.6. The SMILES string of the molecule is Cc1nc(C=C(Cl)[C@@H]2C[C@@H]3O[C@]3(Cl)CCO[C@@H](C)[C@@H](O)[C@@H](C)C(=O)C(C)(C)[C@@H](O)CC(=O)O2)cs1. The minimum absolute atomic E-state index is 0.192. The number of epoxide rings is 1. The van der Waals surface area contributed by atoms with Crippen molar-refractivity contribution in [3.63, 3.8) is 0 Å². The zero-order valence-corrected chi connectivity index (χ0v) is 22.8. The van der Waals surface area contributed by atoms with E-state index in [2.05, 4.69) is 4.98 Å². The Morgan fingerprint density at radius 2 is 1.97 bits per heavy atom. The number of aromatic nitrogens is 1. The highest BCUT2D eigenvalue weighted by Gasteiger charge is 2.56. The molecule has 0 aliphatic carbocycles. The van der Waals surface area contributed by atoms with Gasteiger partial charge in [-0.15, -0.1) is 11.3 Å². The van der Waals surface area contributed by atoms with E-state index in [4.69, 9.17) is 37.4 Å². The number of aliphatic hydroxyl groups excluding tert-OH is 2. The Kier molecular flexibility index (Phi) is 9.06. The van der Waals surface area contributed by atoms with E-state index in [0.29, 0.717) is 12.1 Å². The predicted octanol–water partition coefficient (Wildman–Crippen LogP) is 3.82. The first kappa shape index (κ1) is 28.5. The van der Waals surface area contributed by atoms with Crippen LogP contribution in [0.5, 0.6) is 0 Å². The van der Waals surface area contributed by atoms with Crippen molar-refractivity contribution in [3.05, 3.63) is 21.1 Å². The standard InChI is InChI=1S/C24H33Cl2NO7S/c1-12-21(30)13(2)32-7-6-24(26)19(34-24)9-17(16(25)8-15-11-35-14(3)27-15)33-20(29)10-18(28)23(4,5)22(12)31/h8,11-13,17-19,21,28,30H,6-7,9-10H2,1-5H3/t12-,13+,17+,18+,19+,21+,24-/m1/s1. The largest absolute Gasteiger partial charge is 0.456 e. The number of ketones is 1. The number of hydrogen-bond acceptors (Lipinski definition) is 9. The number of rotatable bonds is 2. The van der Waals surface area contributed by atoms with Gasteiger partial charge in [-0.3, -0.25) is 9.59 Å². The smallest absolute Gasteiger partial charge is 0.309 e. The van der Waals surface area contributed by atoms with Crippen LogP contribution in [0.25, 0.3) is 6.08 Å². The number of hydrogen-bond donors (Lipinski definition) is 2. The van der Waals surface area contributed by atoms with Crippen molar-refractivity contribution in [2.75, 3.05) is 6.61 Å². The second-order valence-electron chi connectivity index (χ2n) is 9.84. The van der Waals surface area contributed by atoms with Crippen LogP contribution in [0.15, 0.2) is 10.4 Å². The van der Waals surface area contributed by atoms with E-state index in [9.17, 15) is 19.8 Å². The number of fused-ring (bicyclic) bond motifs is 1. The molecule has 0 amide bonds. The Hall–Kier alpha value is -1.07. The number of carbonyl (C=O) groups excluding carboxylic acids is 2. The number of alkyl halides is 1. The molecule has 0 unspecified atom stereocenters. The van der Waals surface area contributed by atoms with Crippen molar-refractivity contribution in [2.45, 2.75) is 89.5 Å². The summed E-state index contributed by atoms with van der Waals surface area (Å²) in [5.41, 5.74) is -0.676. The first-order chi connectivity index (χ1) is 16.2. The van der Waals surface area contributed by atoms with Gasteiger partial charge in [-0.25, -0.2) is 4.98 Å². The maximum absolute atomic E-state index is 13.1. The molecule has 8 nitrogen and oxygen atoms in total. The lowest BCUT2D eigenvalue weighted by Gasteiger charge is -2.34. The summed E-state index contributed by atoms with van der Waals surface area (Å²) < 4.78 is 17.1. The van der Waals surface area contributed by atoms with Gasteiger partial charge >= 0.3 is 5.97 Å². The molecule has 0 spiro atoms. The minimum atomic E-state index is -1.34. The first-order valence-corrected chi connectivity index (χ1v) is 13.3. The highest BCUT2D eigenvalue weighted by atomic mass is 35.5. The summed E-state index contributed by atoms with van der Waals surface area (Å²) in [6.07, 6.45) is -2.69. The number of thiazole rings is 1. The topological polar surface area (TPSA) is 118 Å². The summed E-state index contributed by atoms with van der Waals surface area (Å²) in [7, 11) is 0. The van der Waals surface area contributed by atoms with Gasteiger partial charge < -0.3 is 24.4 Å². The number of carbonyl (C=O) groups is 2. The van der Waals surface area contributed by atoms with Gasteiger partial charge in [0, 0.05) is 24.1 Å². The molecule has 3 heterocycles. The average Bonchev–Trinajstić information content (AvgIpc) is 3.22. The summed E-state index contributed by atoms with van der Waals surface area (Å²) in [6.45, 7) is 8.39. The number of aryl methyl sites for hydroxylation is 1. The van der Waals surface area contributed by atoms with Crippen LogP contribution < -0.4 is 0 Å². The van der Waals surface area contributed by atoms with Gasteiger partial charge in [0.25, 0.3) is 0 Å². The van der Waals surface area contributed by atoms with Crippen LogP contribution in [-0.4, -0.2) is 69.1 Å². The Bertz CT molecular complexity index is 967. The molecule has 35 heavy (non-hydrogen) atoms. The lowest BCUT2D eigenvalue weighted by atomic mass is 9.74. The van der Waals surface area contributed by atoms with Gasteiger partial charge in [-0.05, 0) is 19.9 Å². The van der Waals surface area contributed by atoms with Crippen LogP contribution in [-0.2, 0) is 23.8 Å². The number of halogens is 2. The van der Waals surface area contributed by atoms with Crippen molar-refractivity contribution in [3.8, 4) is 0 Å². The summed E-state index contributed by atoms with van der Waals surface area (Å²) in [6, 6.07) is 0. The quantitative estimate of drug-likeness (QED) is 0.324. The van der Waals surface area contributed by atoms with Crippen molar-refractivity contribution >= 4 is 52.4 Å². The van der Waals surface area contributed by atoms with E-state index in [1.165, 1.54) is 11.3 Å². The Morgan fingerprint density at radius 3 is 2.60 bits per heavy atom.